The number of hydrogen-bond donors (Lipinski definition) is 1. The molecule has 1 aromatic heterocycles. The van der Waals surface area contributed by atoms with Crippen molar-refractivity contribution >= 4 is 0 Å². The summed E-state index contributed by atoms with van der Waals surface area (Å²) in [6.07, 6.45) is 4.01. The Bertz CT molecular complexity index is 285. The van der Waals surface area contributed by atoms with Gasteiger partial charge in [0.05, 0.1) is 17.5 Å². The van der Waals surface area contributed by atoms with Gasteiger partial charge in [0.1, 0.15) is 0 Å². The Labute approximate surface area is 77.6 Å². The van der Waals surface area contributed by atoms with Crippen molar-refractivity contribution < 1.29 is 0 Å². The van der Waals surface area contributed by atoms with Gasteiger partial charge in [-0.3, -0.25) is 9.97 Å². The third-order valence-corrected chi connectivity index (χ3v) is 1.55. The fraction of sp³-hybridized carbons (Fsp3) is 0.444. The predicted molar refractivity (Wildman–Crippen MR) is 48.7 cm³/mol. The second-order valence-electron chi connectivity index (χ2n) is 2.73. The molecule has 0 bridgehead atoms. The number of nitrogens with one attached hydrogen (secondary N) is 1. The maximum absolute atomic E-state index is 8.28. The largest absolute Gasteiger partial charge is 0.310 e. The molecule has 4 heteroatoms. The maximum atomic E-state index is 8.28. The van der Waals surface area contributed by atoms with Gasteiger partial charge in [-0.15, -0.1) is 0 Å². The zero-order valence-electron chi connectivity index (χ0n) is 7.62. The molecule has 0 fully saturated rings. The molecular formula is C9H12N4. The maximum Gasteiger partial charge on any atom is 0.0724 e. The molecule has 1 N–H and O–H groups in total. The minimum Gasteiger partial charge on any atom is -0.310 e. The fourth-order valence-electron chi connectivity index (χ4n) is 0.871. The molecular weight excluding hydrogens is 164 g/mol. The highest BCUT2D eigenvalue weighted by Gasteiger charge is 1.93. The van der Waals surface area contributed by atoms with Crippen LogP contribution in [0.1, 0.15) is 17.8 Å². The number of nitriles is 1. The summed E-state index contributed by atoms with van der Waals surface area (Å²) in [5, 5.41) is 11.4. The molecule has 0 saturated heterocycles. The average Bonchev–Trinajstić information content (AvgIpc) is 2.15. The van der Waals surface area contributed by atoms with Gasteiger partial charge in [-0.1, -0.05) is 0 Å². The summed E-state index contributed by atoms with van der Waals surface area (Å²) in [6.45, 7) is 3.28. The number of aryl methyl sites for hydroxylation is 1. The molecule has 0 aromatic carbocycles. The van der Waals surface area contributed by atoms with Gasteiger partial charge in [-0.25, -0.2) is 0 Å². The molecule has 4 nitrogen and oxygen atoms in total. The van der Waals surface area contributed by atoms with E-state index in [1.54, 1.807) is 12.4 Å². The second kappa shape index (κ2) is 5.22. The number of aromatic nitrogens is 2. The Morgan fingerprint density at radius 3 is 2.92 bits per heavy atom. The van der Waals surface area contributed by atoms with Gasteiger partial charge in [0.25, 0.3) is 0 Å². The number of nitrogens with zero attached hydrogens (tertiary/aromatic N) is 3. The highest BCUT2D eigenvalue weighted by atomic mass is 14.9. The van der Waals surface area contributed by atoms with E-state index in [1.807, 2.05) is 6.92 Å². The van der Waals surface area contributed by atoms with Crippen LogP contribution in [0.4, 0.5) is 0 Å². The second-order valence-corrected chi connectivity index (χ2v) is 2.73. The lowest BCUT2D eigenvalue weighted by Crippen LogP contribution is -2.15. The van der Waals surface area contributed by atoms with Crippen molar-refractivity contribution in [3.8, 4) is 6.07 Å². The number of hydrogen-bond acceptors (Lipinski definition) is 4. The van der Waals surface area contributed by atoms with Crippen molar-refractivity contribution in [2.45, 2.75) is 19.9 Å². The van der Waals surface area contributed by atoms with E-state index in [2.05, 4.69) is 21.4 Å². The highest BCUT2D eigenvalue weighted by molar-refractivity contribution is 5.00. The third kappa shape index (κ3) is 3.63. The first-order valence-electron chi connectivity index (χ1n) is 4.18. The first-order valence-corrected chi connectivity index (χ1v) is 4.18. The highest BCUT2D eigenvalue weighted by Crippen LogP contribution is 1.92. The Morgan fingerprint density at radius 1 is 1.46 bits per heavy atom. The van der Waals surface area contributed by atoms with Crippen molar-refractivity contribution in [2.75, 3.05) is 6.54 Å². The monoisotopic (exact) mass is 176 g/mol. The summed E-state index contributed by atoms with van der Waals surface area (Å²) in [6, 6.07) is 2.06. The molecule has 0 spiro atoms. The van der Waals surface area contributed by atoms with Crippen molar-refractivity contribution in [3.05, 3.63) is 23.8 Å². The van der Waals surface area contributed by atoms with Crippen LogP contribution in [0, 0.1) is 18.3 Å². The predicted octanol–water partition coefficient (Wildman–Crippen LogP) is 0.788. The lowest BCUT2D eigenvalue weighted by Gasteiger charge is -2.00. The molecule has 1 aromatic rings. The van der Waals surface area contributed by atoms with Crippen LogP contribution in [0.25, 0.3) is 0 Å². The van der Waals surface area contributed by atoms with Gasteiger partial charge in [0.15, 0.2) is 0 Å². The van der Waals surface area contributed by atoms with Crippen LogP contribution >= 0.6 is 0 Å². The topological polar surface area (TPSA) is 61.6 Å². The minimum atomic E-state index is 0.527. The Balaban J connectivity index is 2.30. The van der Waals surface area contributed by atoms with Gasteiger partial charge in [0.2, 0.25) is 0 Å². The van der Waals surface area contributed by atoms with Crippen LogP contribution in [0.2, 0.25) is 0 Å². The van der Waals surface area contributed by atoms with Crippen LogP contribution < -0.4 is 5.32 Å². The fourth-order valence-corrected chi connectivity index (χ4v) is 0.871. The van der Waals surface area contributed by atoms with Crippen LogP contribution in [0.5, 0.6) is 0 Å². The molecule has 0 unspecified atom stereocenters. The molecule has 0 aliphatic heterocycles. The number of rotatable bonds is 4. The van der Waals surface area contributed by atoms with E-state index in [9.17, 15) is 0 Å². The van der Waals surface area contributed by atoms with Crippen LogP contribution in [0.15, 0.2) is 12.4 Å². The average molecular weight is 176 g/mol. The molecule has 0 atom stereocenters. The van der Waals surface area contributed by atoms with Gasteiger partial charge in [0, 0.05) is 31.9 Å². The van der Waals surface area contributed by atoms with Gasteiger partial charge in [-0.2, -0.15) is 5.26 Å². The Morgan fingerprint density at radius 2 is 2.31 bits per heavy atom. The molecule has 0 radical (unpaired) electrons. The van der Waals surface area contributed by atoms with Crippen molar-refractivity contribution in [3.63, 3.8) is 0 Å². The molecule has 1 heterocycles. The Hall–Kier alpha value is -1.47. The van der Waals surface area contributed by atoms with E-state index >= 15 is 0 Å². The zero-order chi connectivity index (χ0) is 9.52. The van der Waals surface area contributed by atoms with E-state index in [4.69, 9.17) is 5.26 Å². The smallest absolute Gasteiger partial charge is 0.0724 e. The zero-order valence-corrected chi connectivity index (χ0v) is 7.62. The standard InChI is InChI=1S/C9H12N4/c1-8-5-13-9(7-12-8)6-11-4-2-3-10/h5,7,11H,2,4,6H2,1H3. The Kier molecular flexibility index (Phi) is 3.86. The van der Waals surface area contributed by atoms with E-state index < -0.39 is 0 Å². The normalized spacial score (nSPS) is 9.54. The van der Waals surface area contributed by atoms with Crippen molar-refractivity contribution in [1.82, 2.24) is 15.3 Å². The lowest BCUT2D eigenvalue weighted by molar-refractivity contribution is 0.682. The molecule has 0 saturated carbocycles. The third-order valence-electron chi connectivity index (χ3n) is 1.55. The minimum absolute atomic E-state index is 0.527. The molecule has 0 amide bonds. The van der Waals surface area contributed by atoms with Crippen molar-refractivity contribution in [1.29, 1.82) is 5.26 Å². The SMILES string of the molecule is Cc1cnc(CNCCC#N)cn1. The lowest BCUT2D eigenvalue weighted by atomic mass is 10.4. The molecule has 1 rings (SSSR count). The summed E-state index contributed by atoms with van der Waals surface area (Å²) in [4.78, 5) is 8.28. The van der Waals surface area contributed by atoms with E-state index in [1.165, 1.54) is 0 Å². The quantitative estimate of drug-likeness (QED) is 0.689. The summed E-state index contributed by atoms with van der Waals surface area (Å²) in [7, 11) is 0. The first kappa shape index (κ1) is 9.62. The molecule has 0 aliphatic carbocycles. The van der Waals surface area contributed by atoms with Crippen LogP contribution in [0.3, 0.4) is 0 Å². The van der Waals surface area contributed by atoms with Crippen LogP contribution in [-0.2, 0) is 6.54 Å². The van der Waals surface area contributed by atoms with Gasteiger partial charge >= 0.3 is 0 Å². The van der Waals surface area contributed by atoms with E-state index in [0.717, 1.165) is 11.4 Å². The van der Waals surface area contributed by atoms with Crippen LogP contribution in [-0.4, -0.2) is 16.5 Å². The summed E-state index contributed by atoms with van der Waals surface area (Å²) in [5.41, 5.74) is 1.82. The molecule has 13 heavy (non-hydrogen) atoms. The first-order chi connectivity index (χ1) is 6.33. The van der Waals surface area contributed by atoms with Gasteiger partial charge < -0.3 is 5.32 Å². The summed E-state index contributed by atoms with van der Waals surface area (Å²) >= 11 is 0. The molecule has 0 aliphatic rings. The van der Waals surface area contributed by atoms with E-state index in [0.29, 0.717) is 19.5 Å². The van der Waals surface area contributed by atoms with Crippen molar-refractivity contribution in [2.24, 2.45) is 0 Å². The van der Waals surface area contributed by atoms with Gasteiger partial charge in [-0.05, 0) is 6.92 Å². The summed E-state index contributed by atoms with van der Waals surface area (Å²) in [5.74, 6) is 0. The van der Waals surface area contributed by atoms with E-state index in [-0.39, 0.29) is 0 Å². The molecule has 68 valence electrons. The summed E-state index contributed by atoms with van der Waals surface area (Å²) < 4.78 is 0.